The minimum atomic E-state index is -6.86. The van der Waals surface area contributed by atoms with Crippen molar-refractivity contribution in [2.75, 3.05) is 0 Å². The van der Waals surface area contributed by atoms with Gasteiger partial charge in [0.05, 0.1) is 5.56 Å². The lowest BCUT2D eigenvalue weighted by Crippen LogP contribution is -2.58. The Morgan fingerprint density at radius 1 is 0.760 bits per heavy atom. The van der Waals surface area contributed by atoms with Gasteiger partial charge >= 0.3 is 23.9 Å². The summed E-state index contributed by atoms with van der Waals surface area (Å²) in [6.07, 6.45) is -14.0. The number of esters is 1. The van der Waals surface area contributed by atoms with Gasteiger partial charge in [0.25, 0.3) is 0 Å². The fourth-order valence-corrected chi connectivity index (χ4v) is 1.72. The van der Waals surface area contributed by atoms with Crippen molar-refractivity contribution in [1.29, 1.82) is 0 Å². The Hall–Kier alpha value is -2.34. The standard InChI is InChI=1S/C12H3F11O2/c1-2-3(24)25-10(11(18,19)20,12(21,22)23)4-5(13)7(15)9(17)8(16)6(4)14/h2H,1H2. The molecule has 1 rings (SSSR count). The van der Waals surface area contributed by atoms with Gasteiger partial charge in [0, 0.05) is 6.08 Å². The molecule has 13 heteroatoms. The number of hydrogen-bond acceptors (Lipinski definition) is 2. The van der Waals surface area contributed by atoms with E-state index >= 15 is 0 Å². The van der Waals surface area contributed by atoms with Gasteiger partial charge in [0.15, 0.2) is 23.3 Å². The quantitative estimate of drug-likeness (QED) is 0.252. The molecule has 0 saturated carbocycles. The summed E-state index contributed by atoms with van der Waals surface area (Å²) >= 11 is 0. The van der Waals surface area contributed by atoms with Crippen LogP contribution in [0.3, 0.4) is 0 Å². The third-order valence-corrected chi connectivity index (χ3v) is 2.78. The molecule has 0 heterocycles. The normalized spacial score (nSPS) is 12.9. The van der Waals surface area contributed by atoms with Gasteiger partial charge < -0.3 is 4.74 Å². The first kappa shape index (κ1) is 20.7. The van der Waals surface area contributed by atoms with Gasteiger partial charge in [-0.15, -0.1) is 0 Å². The van der Waals surface area contributed by atoms with Gasteiger partial charge in [-0.05, 0) is 0 Å². The highest BCUT2D eigenvalue weighted by Crippen LogP contribution is 2.54. The second-order valence-electron chi connectivity index (χ2n) is 4.25. The number of hydrogen-bond donors (Lipinski definition) is 0. The van der Waals surface area contributed by atoms with Gasteiger partial charge in [-0.25, -0.2) is 26.7 Å². The number of carbonyl (C=O) groups is 1. The van der Waals surface area contributed by atoms with E-state index in [9.17, 15) is 53.1 Å². The summed E-state index contributed by atoms with van der Waals surface area (Å²) in [5.74, 6) is -18.6. The Labute approximate surface area is 130 Å². The highest BCUT2D eigenvalue weighted by molar-refractivity contribution is 5.82. The number of rotatable bonds is 3. The maximum absolute atomic E-state index is 13.6. The second-order valence-corrected chi connectivity index (χ2v) is 4.25. The van der Waals surface area contributed by atoms with Crippen LogP contribution in [0.25, 0.3) is 0 Å². The van der Waals surface area contributed by atoms with Gasteiger partial charge in [-0.2, -0.15) is 26.3 Å². The molecule has 0 radical (unpaired) electrons. The van der Waals surface area contributed by atoms with Crippen molar-refractivity contribution in [1.82, 2.24) is 0 Å². The van der Waals surface area contributed by atoms with Crippen molar-refractivity contribution in [3.05, 3.63) is 47.3 Å². The summed E-state index contributed by atoms with van der Waals surface area (Å²) in [4.78, 5) is 10.9. The van der Waals surface area contributed by atoms with Gasteiger partial charge in [0.2, 0.25) is 5.82 Å². The van der Waals surface area contributed by atoms with Crippen molar-refractivity contribution in [3.8, 4) is 0 Å². The predicted octanol–water partition coefficient (Wildman–Crippen LogP) is 4.43. The van der Waals surface area contributed by atoms with E-state index in [0.717, 1.165) is 0 Å². The third kappa shape index (κ3) is 3.02. The first-order valence-electron chi connectivity index (χ1n) is 5.64. The fourth-order valence-electron chi connectivity index (χ4n) is 1.72. The van der Waals surface area contributed by atoms with E-state index in [1.54, 1.807) is 0 Å². The van der Waals surface area contributed by atoms with E-state index in [2.05, 4.69) is 11.3 Å². The van der Waals surface area contributed by atoms with Gasteiger partial charge in [-0.1, -0.05) is 6.58 Å². The molecule has 0 aromatic heterocycles. The molecule has 0 bridgehead atoms. The van der Waals surface area contributed by atoms with Crippen molar-refractivity contribution in [2.45, 2.75) is 18.0 Å². The van der Waals surface area contributed by atoms with Gasteiger partial charge in [0.1, 0.15) is 0 Å². The molecule has 1 aromatic rings. The van der Waals surface area contributed by atoms with Crippen LogP contribution in [0.5, 0.6) is 0 Å². The summed E-state index contributed by atoms with van der Waals surface area (Å²) in [6.45, 7) is 2.49. The zero-order valence-corrected chi connectivity index (χ0v) is 11.3. The van der Waals surface area contributed by atoms with Crippen LogP contribution in [0.15, 0.2) is 12.7 Å². The molecule has 0 N–H and O–H groups in total. The molecule has 0 aliphatic rings. The van der Waals surface area contributed by atoms with E-state index < -0.39 is 58.6 Å². The molecule has 0 saturated heterocycles. The summed E-state index contributed by atoms with van der Waals surface area (Å²) < 4.78 is 148. The molecule has 1 aromatic carbocycles. The molecule has 0 unspecified atom stereocenters. The monoisotopic (exact) mass is 388 g/mol. The Bertz CT molecular complexity index is 674. The van der Waals surface area contributed by atoms with Crippen LogP contribution >= 0.6 is 0 Å². The van der Waals surface area contributed by atoms with Crippen LogP contribution in [-0.4, -0.2) is 18.3 Å². The molecular weight excluding hydrogens is 385 g/mol. The molecule has 0 aliphatic heterocycles. The first-order valence-corrected chi connectivity index (χ1v) is 5.64. The SMILES string of the molecule is C=CC(=O)OC(c1c(F)c(F)c(F)c(F)c1F)(C(F)(F)F)C(F)(F)F. The molecule has 140 valence electrons. The smallest absolute Gasteiger partial charge is 0.431 e. The second kappa shape index (κ2) is 6.19. The Balaban J connectivity index is 4.13. The average molecular weight is 388 g/mol. The highest BCUT2D eigenvalue weighted by atomic mass is 19.4. The molecular formula is C12H3F11O2. The minimum absolute atomic E-state index is 0.238. The summed E-state index contributed by atoms with van der Waals surface area (Å²) in [5, 5.41) is 0. The largest absolute Gasteiger partial charge is 0.442 e. The molecule has 0 fully saturated rings. The predicted molar refractivity (Wildman–Crippen MR) is 56.3 cm³/mol. The van der Waals surface area contributed by atoms with Crippen LogP contribution < -0.4 is 0 Å². The molecule has 0 spiro atoms. The van der Waals surface area contributed by atoms with Crippen molar-refractivity contribution in [2.24, 2.45) is 0 Å². The molecule has 25 heavy (non-hydrogen) atoms. The summed E-state index contributed by atoms with van der Waals surface area (Å²) in [6, 6.07) is 0. The number of alkyl halides is 6. The fraction of sp³-hybridized carbons (Fsp3) is 0.250. The van der Waals surface area contributed by atoms with Gasteiger partial charge in [-0.3, -0.25) is 0 Å². The molecule has 2 nitrogen and oxygen atoms in total. The Morgan fingerprint density at radius 3 is 1.36 bits per heavy atom. The molecule has 0 amide bonds. The maximum Gasteiger partial charge on any atom is 0.442 e. The number of benzene rings is 1. The number of ether oxygens (including phenoxy) is 1. The highest BCUT2D eigenvalue weighted by Gasteiger charge is 2.77. The van der Waals surface area contributed by atoms with Crippen molar-refractivity contribution < 1.29 is 57.8 Å². The third-order valence-electron chi connectivity index (χ3n) is 2.78. The van der Waals surface area contributed by atoms with E-state index in [1.807, 2.05) is 0 Å². The Morgan fingerprint density at radius 2 is 1.08 bits per heavy atom. The van der Waals surface area contributed by atoms with Crippen LogP contribution in [0.2, 0.25) is 0 Å². The number of halogens is 11. The van der Waals surface area contributed by atoms with Crippen LogP contribution in [0, 0.1) is 29.1 Å². The van der Waals surface area contributed by atoms with Crippen LogP contribution in [0.4, 0.5) is 48.3 Å². The summed E-state index contributed by atoms with van der Waals surface area (Å²) in [5.41, 5.74) is -9.60. The number of carbonyl (C=O) groups excluding carboxylic acids is 1. The molecule has 0 aliphatic carbocycles. The first-order chi connectivity index (χ1) is 11.1. The van der Waals surface area contributed by atoms with E-state index in [-0.39, 0.29) is 6.08 Å². The lowest BCUT2D eigenvalue weighted by atomic mass is 9.90. The Kier molecular flexibility index (Phi) is 5.12. The average Bonchev–Trinajstić information content (AvgIpc) is 2.47. The zero-order valence-electron chi connectivity index (χ0n) is 11.3. The topological polar surface area (TPSA) is 26.3 Å². The van der Waals surface area contributed by atoms with Crippen LogP contribution in [0.1, 0.15) is 5.56 Å². The summed E-state index contributed by atoms with van der Waals surface area (Å²) in [7, 11) is 0. The van der Waals surface area contributed by atoms with Crippen molar-refractivity contribution >= 4 is 5.97 Å². The zero-order chi connectivity index (χ0) is 20.0. The van der Waals surface area contributed by atoms with E-state index in [0.29, 0.717) is 0 Å². The minimum Gasteiger partial charge on any atom is -0.431 e. The van der Waals surface area contributed by atoms with Crippen molar-refractivity contribution in [3.63, 3.8) is 0 Å². The van der Waals surface area contributed by atoms with E-state index in [1.165, 1.54) is 0 Å². The lowest BCUT2D eigenvalue weighted by Gasteiger charge is -2.36. The van der Waals surface area contributed by atoms with E-state index in [4.69, 9.17) is 0 Å². The van der Waals surface area contributed by atoms with Crippen LogP contribution in [-0.2, 0) is 15.1 Å². The maximum atomic E-state index is 13.6. The lowest BCUT2D eigenvalue weighted by molar-refractivity contribution is -0.378. The molecule has 0 atom stereocenters.